The lowest BCUT2D eigenvalue weighted by molar-refractivity contribution is 0.0224. The van der Waals surface area contributed by atoms with Crippen LogP contribution in [0.2, 0.25) is 0 Å². The van der Waals surface area contributed by atoms with Gasteiger partial charge in [-0.15, -0.1) is 0 Å². The smallest absolute Gasteiger partial charge is 0.410 e. The van der Waals surface area contributed by atoms with E-state index in [1.807, 2.05) is 0 Å². The zero-order valence-corrected chi connectivity index (χ0v) is 14.5. The second kappa shape index (κ2) is 6.49. The zero-order chi connectivity index (χ0) is 17.3. The second-order valence-corrected chi connectivity index (χ2v) is 8.81. The van der Waals surface area contributed by atoms with Gasteiger partial charge in [0.25, 0.3) is 0 Å². The van der Waals surface area contributed by atoms with E-state index >= 15 is 0 Å². The molecule has 23 heavy (non-hydrogen) atoms. The van der Waals surface area contributed by atoms with Gasteiger partial charge in [0.05, 0.1) is 10.9 Å². The summed E-state index contributed by atoms with van der Waals surface area (Å²) in [5.41, 5.74) is 5.41. The monoisotopic (exact) mass is 340 g/mol. The van der Waals surface area contributed by atoms with E-state index in [9.17, 15) is 13.2 Å². The molecule has 0 bridgehead atoms. The molecule has 0 saturated carbocycles. The van der Waals surface area contributed by atoms with Crippen LogP contribution in [0.15, 0.2) is 35.2 Å². The Balaban J connectivity index is 2.21. The van der Waals surface area contributed by atoms with E-state index in [2.05, 4.69) is 0 Å². The molecule has 1 aliphatic rings. The molecule has 1 aromatic rings. The maximum Gasteiger partial charge on any atom is 0.410 e. The van der Waals surface area contributed by atoms with Gasteiger partial charge in [0, 0.05) is 6.54 Å². The highest BCUT2D eigenvalue weighted by molar-refractivity contribution is 7.92. The number of hydrogen-bond donors (Lipinski definition) is 1. The fraction of sp³-hybridized carbons (Fsp3) is 0.562. The molecule has 128 valence electrons. The van der Waals surface area contributed by atoms with Crippen molar-refractivity contribution in [2.45, 2.75) is 55.5 Å². The van der Waals surface area contributed by atoms with E-state index in [1.54, 1.807) is 39.0 Å². The van der Waals surface area contributed by atoms with Crippen molar-refractivity contribution in [3.05, 3.63) is 30.3 Å². The summed E-state index contributed by atoms with van der Waals surface area (Å²) >= 11 is 0. The van der Waals surface area contributed by atoms with E-state index in [4.69, 9.17) is 10.5 Å². The SMILES string of the molecule is CC(C)(C)OC(=O)N1CCC[C@H]1C(N)S(=O)(=O)c1ccccc1. The lowest BCUT2D eigenvalue weighted by Crippen LogP contribution is -2.51. The lowest BCUT2D eigenvalue weighted by Gasteiger charge is -2.31. The first-order chi connectivity index (χ1) is 10.6. The Morgan fingerprint density at radius 3 is 2.48 bits per heavy atom. The molecule has 2 N–H and O–H groups in total. The van der Waals surface area contributed by atoms with Crippen LogP contribution >= 0.6 is 0 Å². The molecule has 0 radical (unpaired) electrons. The number of carbonyl (C=O) groups excluding carboxylic acids is 1. The van der Waals surface area contributed by atoms with Crippen molar-refractivity contribution in [1.29, 1.82) is 0 Å². The predicted molar refractivity (Wildman–Crippen MR) is 87.6 cm³/mol. The number of sulfone groups is 1. The summed E-state index contributed by atoms with van der Waals surface area (Å²) in [6.07, 6.45) is 0.743. The van der Waals surface area contributed by atoms with Crippen LogP contribution in [-0.4, -0.2) is 43.0 Å². The molecule has 2 rings (SSSR count). The highest BCUT2D eigenvalue weighted by Gasteiger charge is 2.41. The standard InChI is InChI=1S/C16H24N2O4S/c1-16(2,3)22-15(19)18-11-7-10-13(18)14(17)23(20,21)12-8-5-4-6-9-12/h4-6,8-9,13-14H,7,10-11,17H2,1-3H3/t13-,14?/m0/s1. The van der Waals surface area contributed by atoms with Gasteiger partial charge in [0.2, 0.25) is 0 Å². The van der Waals surface area contributed by atoms with Crippen LogP contribution in [0.5, 0.6) is 0 Å². The van der Waals surface area contributed by atoms with Crippen molar-refractivity contribution in [2.24, 2.45) is 5.73 Å². The Morgan fingerprint density at radius 2 is 1.91 bits per heavy atom. The summed E-state index contributed by atoms with van der Waals surface area (Å²) < 4.78 is 30.7. The van der Waals surface area contributed by atoms with Gasteiger partial charge in [0.15, 0.2) is 9.84 Å². The Morgan fingerprint density at radius 1 is 1.30 bits per heavy atom. The van der Waals surface area contributed by atoms with E-state index < -0.39 is 32.9 Å². The van der Waals surface area contributed by atoms with E-state index in [-0.39, 0.29) is 4.90 Å². The number of carbonyl (C=O) groups is 1. The average Bonchev–Trinajstić information content (AvgIpc) is 2.95. The highest BCUT2D eigenvalue weighted by Crippen LogP contribution is 2.27. The van der Waals surface area contributed by atoms with Gasteiger partial charge in [-0.3, -0.25) is 0 Å². The van der Waals surface area contributed by atoms with Crippen molar-refractivity contribution in [3.63, 3.8) is 0 Å². The van der Waals surface area contributed by atoms with Crippen LogP contribution < -0.4 is 5.73 Å². The Bertz CT molecular complexity index is 652. The molecule has 1 fully saturated rings. The third-order valence-electron chi connectivity index (χ3n) is 3.74. The minimum atomic E-state index is -3.70. The molecule has 0 aromatic heterocycles. The van der Waals surface area contributed by atoms with Gasteiger partial charge in [0.1, 0.15) is 11.0 Å². The van der Waals surface area contributed by atoms with Crippen molar-refractivity contribution in [1.82, 2.24) is 4.90 Å². The molecule has 0 spiro atoms. The first-order valence-corrected chi connectivity index (χ1v) is 9.22. The second-order valence-electron chi connectivity index (χ2n) is 6.71. The summed E-state index contributed by atoms with van der Waals surface area (Å²) in [7, 11) is -3.70. The van der Waals surface area contributed by atoms with Crippen LogP contribution in [0.4, 0.5) is 4.79 Å². The minimum absolute atomic E-state index is 0.170. The third-order valence-corrected chi connectivity index (χ3v) is 5.70. The van der Waals surface area contributed by atoms with Gasteiger partial charge in [-0.1, -0.05) is 18.2 Å². The molecule has 1 heterocycles. The van der Waals surface area contributed by atoms with Crippen LogP contribution in [0.25, 0.3) is 0 Å². The highest BCUT2D eigenvalue weighted by atomic mass is 32.2. The molecule has 2 atom stereocenters. The van der Waals surface area contributed by atoms with Crippen LogP contribution in [0.3, 0.4) is 0 Å². The van der Waals surface area contributed by atoms with E-state index in [0.717, 1.165) is 0 Å². The lowest BCUT2D eigenvalue weighted by atomic mass is 10.2. The number of ether oxygens (including phenoxy) is 1. The van der Waals surface area contributed by atoms with Gasteiger partial charge >= 0.3 is 6.09 Å². The van der Waals surface area contributed by atoms with Gasteiger partial charge in [-0.25, -0.2) is 13.2 Å². The fourth-order valence-corrected chi connectivity index (χ4v) is 4.20. The number of nitrogens with two attached hydrogens (primary N) is 1. The normalized spacial score (nSPS) is 20.3. The minimum Gasteiger partial charge on any atom is -0.444 e. The number of benzene rings is 1. The maximum atomic E-state index is 12.7. The van der Waals surface area contributed by atoms with Gasteiger partial charge < -0.3 is 15.4 Å². The molecule has 0 aliphatic carbocycles. The Hall–Kier alpha value is -1.60. The molecular formula is C16H24N2O4S. The van der Waals surface area contributed by atoms with Crippen molar-refractivity contribution in [3.8, 4) is 0 Å². The van der Waals surface area contributed by atoms with E-state index in [0.29, 0.717) is 19.4 Å². The molecule has 1 unspecified atom stereocenters. The number of amides is 1. The first-order valence-electron chi connectivity index (χ1n) is 7.67. The summed E-state index contributed by atoms with van der Waals surface area (Å²) in [6.45, 7) is 5.78. The predicted octanol–water partition coefficient (Wildman–Crippen LogP) is 2.14. The van der Waals surface area contributed by atoms with Crippen LogP contribution in [-0.2, 0) is 14.6 Å². The molecule has 6 nitrogen and oxygen atoms in total. The summed E-state index contributed by atoms with van der Waals surface area (Å²) in [5, 5.41) is -1.17. The molecule has 7 heteroatoms. The first kappa shape index (κ1) is 17.7. The summed E-state index contributed by atoms with van der Waals surface area (Å²) in [5.74, 6) is 0. The Kier molecular flexibility index (Phi) is 5.01. The molecular weight excluding hydrogens is 316 g/mol. The third kappa shape index (κ3) is 4.03. The summed E-state index contributed by atoms with van der Waals surface area (Å²) in [6, 6.07) is 7.51. The summed E-state index contributed by atoms with van der Waals surface area (Å²) in [4.78, 5) is 13.9. The molecule has 1 aliphatic heterocycles. The van der Waals surface area contributed by atoms with Crippen molar-refractivity contribution in [2.75, 3.05) is 6.54 Å². The Labute approximate surface area is 137 Å². The largest absolute Gasteiger partial charge is 0.444 e. The quantitative estimate of drug-likeness (QED) is 0.910. The van der Waals surface area contributed by atoms with Crippen LogP contribution in [0, 0.1) is 0 Å². The molecule has 1 aromatic carbocycles. The zero-order valence-electron chi connectivity index (χ0n) is 13.7. The van der Waals surface area contributed by atoms with E-state index in [1.165, 1.54) is 17.0 Å². The topological polar surface area (TPSA) is 89.7 Å². The number of hydrogen-bond acceptors (Lipinski definition) is 5. The van der Waals surface area contributed by atoms with Gasteiger partial charge in [-0.2, -0.15) is 0 Å². The number of nitrogens with zero attached hydrogens (tertiary/aromatic N) is 1. The van der Waals surface area contributed by atoms with Crippen molar-refractivity contribution >= 4 is 15.9 Å². The van der Waals surface area contributed by atoms with Gasteiger partial charge in [-0.05, 0) is 45.7 Å². The van der Waals surface area contributed by atoms with Crippen LogP contribution in [0.1, 0.15) is 33.6 Å². The average molecular weight is 340 g/mol. The number of likely N-dealkylation sites (tertiary alicyclic amines) is 1. The van der Waals surface area contributed by atoms with Crippen molar-refractivity contribution < 1.29 is 17.9 Å². The number of rotatable bonds is 3. The fourth-order valence-electron chi connectivity index (χ4n) is 2.66. The maximum absolute atomic E-state index is 12.7. The molecule has 1 saturated heterocycles. The molecule has 1 amide bonds.